The summed E-state index contributed by atoms with van der Waals surface area (Å²) in [6.45, 7) is 1.94. The van der Waals surface area contributed by atoms with Crippen LogP contribution >= 0.6 is 0 Å². The van der Waals surface area contributed by atoms with Crippen molar-refractivity contribution >= 4 is 0 Å². The number of ether oxygens (including phenoxy) is 1. The van der Waals surface area contributed by atoms with Gasteiger partial charge in [0.15, 0.2) is 0 Å². The summed E-state index contributed by atoms with van der Waals surface area (Å²) in [6.07, 6.45) is 4.88. The van der Waals surface area contributed by atoms with Crippen LogP contribution in [0, 0.1) is 5.82 Å². The minimum Gasteiger partial charge on any atom is -0.490 e. The average Bonchev–Trinajstić information content (AvgIpc) is 2.81. The lowest BCUT2D eigenvalue weighted by Gasteiger charge is -2.20. The molecule has 0 spiro atoms. The summed E-state index contributed by atoms with van der Waals surface area (Å²) in [5, 5.41) is 3.07. The zero-order chi connectivity index (χ0) is 12.3. The van der Waals surface area contributed by atoms with Crippen LogP contribution in [0.1, 0.15) is 44.2 Å². The van der Waals surface area contributed by atoms with Gasteiger partial charge in [0, 0.05) is 11.6 Å². The Bertz CT molecular complexity index is 374. The maximum atomic E-state index is 13.8. The number of hydrogen-bond donors (Lipinski definition) is 1. The quantitative estimate of drug-likeness (QED) is 0.866. The van der Waals surface area contributed by atoms with Gasteiger partial charge in [0.1, 0.15) is 11.6 Å². The molecule has 17 heavy (non-hydrogen) atoms. The zero-order valence-corrected chi connectivity index (χ0v) is 10.5. The zero-order valence-electron chi connectivity index (χ0n) is 10.5. The lowest BCUT2D eigenvalue weighted by atomic mass is 10.1. The molecule has 1 aliphatic carbocycles. The fourth-order valence-corrected chi connectivity index (χ4v) is 2.37. The van der Waals surface area contributed by atoms with Crippen LogP contribution in [0.3, 0.4) is 0 Å². The van der Waals surface area contributed by atoms with Crippen molar-refractivity contribution < 1.29 is 9.13 Å². The van der Waals surface area contributed by atoms with E-state index in [1.165, 1.54) is 18.9 Å². The lowest BCUT2D eigenvalue weighted by molar-refractivity contribution is 0.205. The summed E-state index contributed by atoms with van der Waals surface area (Å²) in [5.74, 6) is 0.501. The molecule has 2 nitrogen and oxygen atoms in total. The molecule has 0 amide bonds. The van der Waals surface area contributed by atoms with Gasteiger partial charge in [-0.05, 0) is 51.8 Å². The number of rotatable bonds is 4. The maximum absolute atomic E-state index is 13.8. The second kappa shape index (κ2) is 5.50. The summed E-state index contributed by atoms with van der Waals surface area (Å²) < 4.78 is 19.8. The van der Waals surface area contributed by atoms with Crippen LogP contribution in [-0.2, 0) is 0 Å². The molecule has 0 bridgehead atoms. The Balaban J connectivity index is 2.22. The smallest absolute Gasteiger partial charge is 0.131 e. The van der Waals surface area contributed by atoms with Gasteiger partial charge in [-0.3, -0.25) is 0 Å². The van der Waals surface area contributed by atoms with Crippen molar-refractivity contribution in [3.05, 3.63) is 29.6 Å². The fraction of sp³-hybridized carbons (Fsp3) is 0.571. The number of hydrogen-bond acceptors (Lipinski definition) is 2. The first-order valence-electron chi connectivity index (χ1n) is 6.34. The van der Waals surface area contributed by atoms with Gasteiger partial charge in [0.05, 0.1) is 6.10 Å². The molecule has 1 fully saturated rings. The first-order valence-corrected chi connectivity index (χ1v) is 6.34. The molecule has 1 unspecified atom stereocenters. The highest BCUT2D eigenvalue weighted by Gasteiger charge is 2.21. The summed E-state index contributed by atoms with van der Waals surface area (Å²) >= 11 is 0. The standard InChI is InChI=1S/C14H20FNO/c1-10(16-2)14-12(15)8-5-9-13(14)17-11-6-3-4-7-11/h5,8-11,16H,3-4,6-7H2,1-2H3. The van der Waals surface area contributed by atoms with Crippen LogP contribution in [0.15, 0.2) is 18.2 Å². The summed E-state index contributed by atoms with van der Waals surface area (Å²) in [6, 6.07) is 5.04. The molecule has 94 valence electrons. The van der Waals surface area contributed by atoms with E-state index in [0.717, 1.165) is 12.8 Å². The second-order valence-electron chi connectivity index (χ2n) is 4.69. The van der Waals surface area contributed by atoms with Gasteiger partial charge in [0.25, 0.3) is 0 Å². The Morgan fingerprint density at radius 1 is 1.35 bits per heavy atom. The molecule has 1 saturated carbocycles. The lowest BCUT2D eigenvalue weighted by Crippen LogP contribution is -2.18. The summed E-state index contributed by atoms with van der Waals surface area (Å²) in [5.41, 5.74) is 0.641. The van der Waals surface area contributed by atoms with Gasteiger partial charge in [-0.15, -0.1) is 0 Å². The predicted molar refractivity (Wildman–Crippen MR) is 66.8 cm³/mol. The van der Waals surface area contributed by atoms with E-state index in [1.807, 2.05) is 20.0 Å². The van der Waals surface area contributed by atoms with Crippen molar-refractivity contribution in [1.29, 1.82) is 0 Å². The van der Waals surface area contributed by atoms with Crippen LogP contribution in [0.2, 0.25) is 0 Å². The molecular weight excluding hydrogens is 217 g/mol. The number of nitrogens with one attached hydrogen (secondary N) is 1. The molecular formula is C14H20FNO. The predicted octanol–water partition coefficient (Wildman–Crippen LogP) is 3.43. The highest BCUT2D eigenvalue weighted by atomic mass is 19.1. The van der Waals surface area contributed by atoms with Gasteiger partial charge in [-0.1, -0.05) is 6.07 Å². The topological polar surface area (TPSA) is 21.3 Å². The van der Waals surface area contributed by atoms with Gasteiger partial charge >= 0.3 is 0 Å². The molecule has 1 aromatic carbocycles. The Morgan fingerprint density at radius 3 is 2.71 bits per heavy atom. The van der Waals surface area contributed by atoms with Crippen molar-refractivity contribution in [3.8, 4) is 5.75 Å². The van der Waals surface area contributed by atoms with Gasteiger partial charge < -0.3 is 10.1 Å². The third-order valence-corrected chi connectivity index (χ3v) is 3.47. The molecule has 1 aromatic rings. The van der Waals surface area contributed by atoms with E-state index in [1.54, 1.807) is 6.07 Å². The molecule has 0 radical (unpaired) electrons. The van der Waals surface area contributed by atoms with E-state index in [0.29, 0.717) is 11.3 Å². The first kappa shape index (κ1) is 12.4. The number of benzene rings is 1. The van der Waals surface area contributed by atoms with Crippen LogP contribution in [0.5, 0.6) is 5.75 Å². The van der Waals surface area contributed by atoms with E-state index in [-0.39, 0.29) is 18.0 Å². The van der Waals surface area contributed by atoms with Crippen LogP contribution < -0.4 is 10.1 Å². The van der Waals surface area contributed by atoms with Crippen molar-refractivity contribution in [2.75, 3.05) is 7.05 Å². The second-order valence-corrected chi connectivity index (χ2v) is 4.69. The fourth-order valence-electron chi connectivity index (χ4n) is 2.37. The Labute approximate surface area is 102 Å². The largest absolute Gasteiger partial charge is 0.490 e. The molecule has 0 saturated heterocycles. The maximum Gasteiger partial charge on any atom is 0.131 e. The van der Waals surface area contributed by atoms with Gasteiger partial charge in [-0.2, -0.15) is 0 Å². The van der Waals surface area contributed by atoms with Gasteiger partial charge in [0.2, 0.25) is 0 Å². The van der Waals surface area contributed by atoms with E-state index >= 15 is 0 Å². The van der Waals surface area contributed by atoms with Crippen LogP contribution in [0.25, 0.3) is 0 Å². The van der Waals surface area contributed by atoms with E-state index in [9.17, 15) is 4.39 Å². The SMILES string of the molecule is CNC(C)c1c(F)cccc1OC1CCCC1. The van der Waals surface area contributed by atoms with Gasteiger partial charge in [-0.25, -0.2) is 4.39 Å². The molecule has 2 rings (SSSR count). The highest BCUT2D eigenvalue weighted by molar-refractivity contribution is 5.37. The molecule has 1 N–H and O–H groups in total. The van der Waals surface area contributed by atoms with E-state index < -0.39 is 0 Å². The minimum atomic E-state index is -0.192. The molecule has 1 atom stereocenters. The molecule has 0 aliphatic heterocycles. The summed E-state index contributed by atoms with van der Waals surface area (Å²) in [4.78, 5) is 0. The molecule has 0 heterocycles. The van der Waals surface area contributed by atoms with Crippen molar-refractivity contribution in [2.24, 2.45) is 0 Å². The average molecular weight is 237 g/mol. The van der Waals surface area contributed by atoms with Crippen LogP contribution in [0.4, 0.5) is 4.39 Å². The van der Waals surface area contributed by atoms with Crippen LogP contribution in [-0.4, -0.2) is 13.2 Å². The third kappa shape index (κ3) is 2.78. The minimum absolute atomic E-state index is 0.0346. The monoisotopic (exact) mass is 237 g/mol. The highest BCUT2D eigenvalue weighted by Crippen LogP contribution is 2.31. The van der Waals surface area contributed by atoms with Crippen molar-refractivity contribution in [1.82, 2.24) is 5.32 Å². The number of halogens is 1. The van der Waals surface area contributed by atoms with E-state index in [2.05, 4.69) is 5.32 Å². The molecule has 1 aliphatic rings. The Morgan fingerprint density at radius 2 is 2.06 bits per heavy atom. The third-order valence-electron chi connectivity index (χ3n) is 3.47. The van der Waals surface area contributed by atoms with Crippen molar-refractivity contribution in [3.63, 3.8) is 0 Å². The first-order chi connectivity index (χ1) is 8.22. The molecule has 3 heteroatoms. The van der Waals surface area contributed by atoms with Crippen molar-refractivity contribution in [2.45, 2.75) is 44.8 Å². The molecule has 0 aromatic heterocycles. The Kier molecular flexibility index (Phi) is 4.00. The van der Waals surface area contributed by atoms with E-state index in [4.69, 9.17) is 4.74 Å². The Hall–Kier alpha value is -1.09. The normalized spacial score (nSPS) is 18.3. The summed E-state index contributed by atoms with van der Waals surface area (Å²) in [7, 11) is 1.83.